The molecule has 1 N–H and O–H groups in total. The van der Waals surface area contributed by atoms with Crippen molar-refractivity contribution in [2.45, 2.75) is 77.5 Å². The molecule has 0 radical (unpaired) electrons. The van der Waals surface area contributed by atoms with E-state index in [2.05, 4.69) is 5.32 Å². The van der Waals surface area contributed by atoms with Crippen molar-refractivity contribution < 1.29 is 27.5 Å². The summed E-state index contributed by atoms with van der Waals surface area (Å²) in [6, 6.07) is 7.55. The van der Waals surface area contributed by atoms with Crippen LogP contribution in [0.25, 0.3) is 0 Å². The van der Waals surface area contributed by atoms with E-state index in [-0.39, 0.29) is 30.6 Å². The fourth-order valence-corrected chi connectivity index (χ4v) is 4.95. The number of rotatable bonds is 13. The summed E-state index contributed by atoms with van der Waals surface area (Å²) in [5, 5.41) is 2.81. The monoisotopic (exact) mass is 494 g/mol. The normalized spacial score (nSPS) is 16.9. The van der Waals surface area contributed by atoms with Gasteiger partial charge in [-0.25, -0.2) is 13.2 Å². The maximum absolute atomic E-state index is 13.4. The van der Waals surface area contributed by atoms with Gasteiger partial charge in [-0.2, -0.15) is 0 Å². The number of nitrogens with zero attached hydrogens (tertiary/aromatic N) is 1. The number of carbonyl (C=O) groups excluding carboxylic acids is 3. The maximum Gasteiger partial charge on any atom is 0.329 e. The number of hydrogen-bond donors (Lipinski definition) is 1. The summed E-state index contributed by atoms with van der Waals surface area (Å²) in [5.41, 5.74) is 0.850. The quantitative estimate of drug-likeness (QED) is 0.422. The predicted octanol–water partition coefficient (Wildman–Crippen LogP) is 2.86. The van der Waals surface area contributed by atoms with Crippen molar-refractivity contribution in [1.82, 2.24) is 10.2 Å². The third-order valence-corrected chi connectivity index (χ3v) is 7.05. The summed E-state index contributed by atoms with van der Waals surface area (Å²) in [6.07, 6.45) is 5.25. The first-order chi connectivity index (χ1) is 16.2. The molecular weight excluding hydrogens is 456 g/mol. The van der Waals surface area contributed by atoms with Crippen LogP contribution in [0.4, 0.5) is 0 Å². The Hall–Kier alpha value is -2.42. The molecule has 1 aliphatic rings. The Morgan fingerprint density at radius 2 is 1.74 bits per heavy atom. The molecule has 1 aliphatic heterocycles. The van der Waals surface area contributed by atoms with E-state index in [1.54, 1.807) is 0 Å². The number of sulfone groups is 1. The Labute approximate surface area is 203 Å². The number of amides is 2. The molecule has 1 aromatic rings. The van der Waals surface area contributed by atoms with Gasteiger partial charge in [-0.15, -0.1) is 0 Å². The first kappa shape index (κ1) is 27.8. The first-order valence-electron chi connectivity index (χ1n) is 12.1. The van der Waals surface area contributed by atoms with Crippen molar-refractivity contribution in [2.24, 2.45) is 5.92 Å². The summed E-state index contributed by atoms with van der Waals surface area (Å²) >= 11 is 0. The Bertz CT molecular complexity index is 913. The van der Waals surface area contributed by atoms with Gasteiger partial charge in [0.05, 0.1) is 5.75 Å². The zero-order valence-electron chi connectivity index (χ0n) is 20.5. The van der Waals surface area contributed by atoms with E-state index in [0.29, 0.717) is 32.2 Å². The molecule has 2 amide bonds. The lowest BCUT2D eigenvalue weighted by Gasteiger charge is -2.29. The van der Waals surface area contributed by atoms with Crippen molar-refractivity contribution in [2.75, 3.05) is 18.6 Å². The van der Waals surface area contributed by atoms with Crippen molar-refractivity contribution in [3.05, 3.63) is 35.9 Å². The molecular formula is C25H38N2O6S. The number of nitrogens with one attached hydrogen (secondary N) is 1. The van der Waals surface area contributed by atoms with E-state index < -0.39 is 33.8 Å². The van der Waals surface area contributed by atoms with Crippen LogP contribution in [0.15, 0.2) is 30.3 Å². The first-order valence-corrected chi connectivity index (χ1v) is 14.2. The SMILES string of the molecule is CCCC(CCC)C(=O)NC(CCS(C)(=O)=O)C(=O)N1CCCC1C(=O)OCc1ccccc1. The summed E-state index contributed by atoms with van der Waals surface area (Å²) in [7, 11) is -3.34. The second kappa shape index (κ2) is 13.5. The summed E-state index contributed by atoms with van der Waals surface area (Å²) in [4.78, 5) is 40.6. The molecule has 0 bridgehead atoms. The summed E-state index contributed by atoms with van der Waals surface area (Å²) in [5.74, 6) is -1.61. The average molecular weight is 495 g/mol. The fraction of sp³-hybridized carbons (Fsp3) is 0.640. The standard InChI is InChI=1S/C25H38N2O6S/c1-4-10-20(11-5-2)23(28)26-21(15-17-34(3,31)32)24(29)27-16-9-14-22(27)25(30)33-18-19-12-7-6-8-13-19/h6-8,12-13,20-22H,4-5,9-11,14-18H2,1-3H3,(H,26,28). The molecule has 0 aliphatic carbocycles. The third kappa shape index (κ3) is 8.74. The van der Waals surface area contributed by atoms with Gasteiger partial charge < -0.3 is 15.0 Å². The number of benzene rings is 1. The lowest BCUT2D eigenvalue weighted by molar-refractivity contribution is -0.155. The van der Waals surface area contributed by atoms with Crippen molar-refractivity contribution in [1.29, 1.82) is 0 Å². The number of esters is 1. The molecule has 1 fully saturated rings. The van der Waals surface area contributed by atoms with E-state index in [1.165, 1.54) is 4.90 Å². The van der Waals surface area contributed by atoms with Gasteiger partial charge in [-0.05, 0) is 37.7 Å². The van der Waals surface area contributed by atoms with Gasteiger partial charge in [0.25, 0.3) is 0 Å². The zero-order valence-corrected chi connectivity index (χ0v) is 21.3. The van der Waals surface area contributed by atoms with E-state index in [0.717, 1.165) is 24.7 Å². The van der Waals surface area contributed by atoms with Gasteiger partial charge in [0.1, 0.15) is 28.5 Å². The number of likely N-dealkylation sites (tertiary alicyclic amines) is 1. The van der Waals surface area contributed by atoms with Crippen LogP contribution >= 0.6 is 0 Å². The third-order valence-electron chi connectivity index (χ3n) is 6.07. The van der Waals surface area contributed by atoms with Crippen LogP contribution in [-0.4, -0.2) is 61.7 Å². The van der Waals surface area contributed by atoms with Crippen molar-refractivity contribution in [3.8, 4) is 0 Å². The Morgan fingerprint density at radius 3 is 2.32 bits per heavy atom. The highest BCUT2D eigenvalue weighted by Crippen LogP contribution is 2.22. The van der Waals surface area contributed by atoms with Gasteiger partial charge >= 0.3 is 5.97 Å². The fourth-order valence-electron chi connectivity index (χ4n) is 4.28. The summed E-state index contributed by atoms with van der Waals surface area (Å²) < 4.78 is 29.0. The molecule has 0 spiro atoms. The van der Waals surface area contributed by atoms with E-state index in [1.807, 2.05) is 44.2 Å². The van der Waals surface area contributed by atoms with Crippen LogP contribution in [0.3, 0.4) is 0 Å². The number of hydrogen-bond acceptors (Lipinski definition) is 6. The highest BCUT2D eigenvalue weighted by molar-refractivity contribution is 7.90. The molecule has 1 aromatic carbocycles. The van der Waals surface area contributed by atoms with Gasteiger partial charge in [0, 0.05) is 18.7 Å². The predicted molar refractivity (Wildman–Crippen MR) is 131 cm³/mol. The van der Waals surface area contributed by atoms with Crippen molar-refractivity contribution >= 4 is 27.6 Å². The molecule has 1 saturated heterocycles. The minimum Gasteiger partial charge on any atom is -0.459 e. The van der Waals surface area contributed by atoms with Crippen LogP contribution in [0.5, 0.6) is 0 Å². The molecule has 8 nitrogen and oxygen atoms in total. The molecule has 34 heavy (non-hydrogen) atoms. The Balaban J connectivity index is 2.12. The smallest absolute Gasteiger partial charge is 0.329 e. The molecule has 2 unspecified atom stereocenters. The number of carbonyl (C=O) groups is 3. The Kier molecular flexibility index (Phi) is 11.0. The van der Waals surface area contributed by atoms with Crippen LogP contribution in [0.1, 0.15) is 64.4 Å². The largest absolute Gasteiger partial charge is 0.459 e. The molecule has 0 aromatic heterocycles. The lowest BCUT2D eigenvalue weighted by atomic mass is 9.96. The highest BCUT2D eigenvalue weighted by atomic mass is 32.2. The second-order valence-electron chi connectivity index (χ2n) is 9.04. The van der Waals surface area contributed by atoms with Gasteiger partial charge in [-0.3, -0.25) is 9.59 Å². The minimum atomic E-state index is -3.34. The van der Waals surface area contributed by atoms with Crippen LogP contribution in [0, 0.1) is 5.92 Å². The molecule has 190 valence electrons. The van der Waals surface area contributed by atoms with Gasteiger partial charge in [0.2, 0.25) is 11.8 Å². The van der Waals surface area contributed by atoms with Crippen LogP contribution < -0.4 is 5.32 Å². The van der Waals surface area contributed by atoms with Crippen molar-refractivity contribution in [3.63, 3.8) is 0 Å². The molecule has 0 saturated carbocycles. The molecule has 1 heterocycles. The minimum absolute atomic E-state index is 0.0311. The van der Waals surface area contributed by atoms with E-state index in [4.69, 9.17) is 4.74 Å². The van der Waals surface area contributed by atoms with E-state index >= 15 is 0 Å². The topological polar surface area (TPSA) is 110 Å². The Morgan fingerprint density at radius 1 is 1.09 bits per heavy atom. The van der Waals surface area contributed by atoms with Crippen LogP contribution in [0.2, 0.25) is 0 Å². The van der Waals surface area contributed by atoms with Gasteiger partial charge in [0.15, 0.2) is 0 Å². The van der Waals surface area contributed by atoms with Gasteiger partial charge in [-0.1, -0.05) is 57.0 Å². The maximum atomic E-state index is 13.4. The summed E-state index contributed by atoms with van der Waals surface area (Å²) in [6.45, 7) is 4.47. The molecule has 2 rings (SSSR count). The number of ether oxygens (including phenoxy) is 1. The highest BCUT2D eigenvalue weighted by Gasteiger charge is 2.39. The van der Waals surface area contributed by atoms with Crippen LogP contribution in [-0.2, 0) is 35.6 Å². The average Bonchev–Trinajstić information content (AvgIpc) is 3.29. The van der Waals surface area contributed by atoms with E-state index in [9.17, 15) is 22.8 Å². The zero-order chi connectivity index (χ0) is 25.1. The molecule has 2 atom stereocenters. The second-order valence-corrected chi connectivity index (χ2v) is 11.3. The molecule has 9 heteroatoms. The lowest BCUT2D eigenvalue weighted by Crippen LogP contribution is -2.53.